The van der Waals surface area contributed by atoms with Gasteiger partial charge in [0.2, 0.25) is 5.90 Å². The maximum absolute atomic E-state index is 10.8. The number of carboxylic acid groups (broad SMARTS) is 1. The van der Waals surface area contributed by atoms with Crippen LogP contribution in [0.25, 0.3) is 0 Å². The zero-order valence-corrected chi connectivity index (χ0v) is 13.9. The summed E-state index contributed by atoms with van der Waals surface area (Å²) in [6.45, 7) is 3.95. The number of ether oxygens (including phenoxy) is 2. The summed E-state index contributed by atoms with van der Waals surface area (Å²) in [5, 5.41) is 12.8. The van der Waals surface area contributed by atoms with Crippen molar-refractivity contribution in [2.45, 2.75) is 32.5 Å². The fraction of sp³-hybridized carbons (Fsp3) is 0.278. The minimum absolute atomic E-state index is 0.0430. The van der Waals surface area contributed by atoms with Gasteiger partial charge in [-0.25, -0.2) is 9.78 Å². The van der Waals surface area contributed by atoms with Gasteiger partial charge in [0, 0.05) is 0 Å². The Bertz CT molecular complexity index is 769. The van der Waals surface area contributed by atoms with Crippen LogP contribution >= 0.6 is 0 Å². The molecule has 0 radical (unpaired) electrons. The highest BCUT2D eigenvalue weighted by Gasteiger charge is 2.24. The molecule has 25 heavy (non-hydrogen) atoms. The van der Waals surface area contributed by atoms with Crippen LogP contribution in [0.4, 0.5) is 0 Å². The van der Waals surface area contributed by atoms with E-state index in [0.717, 1.165) is 11.3 Å². The number of carbonyl (C=O) groups is 1. The van der Waals surface area contributed by atoms with Crippen LogP contribution in [0.5, 0.6) is 11.5 Å². The molecule has 0 amide bonds. The summed E-state index contributed by atoms with van der Waals surface area (Å²) in [6, 6.07) is 10.6. The molecule has 2 aromatic rings. The summed E-state index contributed by atoms with van der Waals surface area (Å²) >= 11 is 0. The summed E-state index contributed by atoms with van der Waals surface area (Å²) in [4.78, 5) is 20.0. The molecule has 2 heterocycles. The lowest BCUT2D eigenvalue weighted by molar-refractivity contribution is 0.0690. The second kappa shape index (κ2) is 7.21. The quantitative estimate of drug-likeness (QED) is 0.895. The highest BCUT2D eigenvalue weighted by atomic mass is 16.7. The standard InChI is InChI=1S/C18H18N2O5/c1-11(2)23-13-5-3-12(4-6-13)16-9-17(20-25-16)24-14-7-8-15(18(21)22)19-10-14/h3-8,10-11,16H,9H2,1-2H3,(H,21,22)/t16-/m0/s1. The summed E-state index contributed by atoms with van der Waals surface area (Å²) in [6.07, 6.45) is 1.72. The third kappa shape index (κ3) is 4.26. The van der Waals surface area contributed by atoms with Crippen LogP contribution < -0.4 is 9.47 Å². The van der Waals surface area contributed by atoms with E-state index in [1.807, 2.05) is 38.1 Å². The molecular weight excluding hydrogens is 324 g/mol. The Morgan fingerprint density at radius 1 is 1.20 bits per heavy atom. The van der Waals surface area contributed by atoms with Crippen molar-refractivity contribution in [3.8, 4) is 11.5 Å². The molecule has 130 valence electrons. The Kier molecular flexibility index (Phi) is 4.83. The molecular formula is C18H18N2O5. The number of nitrogens with zero attached hydrogens (tertiary/aromatic N) is 2. The molecule has 0 aliphatic carbocycles. The summed E-state index contributed by atoms with van der Waals surface area (Å²) in [7, 11) is 0. The highest BCUT2D eigenvalue weighted by molar-refractivity contribution is 5.85. The van der Waals surface area contributed by atoms with Gasteiger partial charge in [0.25, 0.3) is 0 Å². The molecule has 1 aliphatic rings. The van der Waals surface area contributed by atoms with E-state index in [4.69, 9.17) is 19.4 Å². The second-order valence-corrected chi connectivity index (χ2v) is 5.81. The van der Waals surface area contributed by atoms with Gasteiger partial charge in [0.05, 0.1) is 18.7 Å². The van der Waals surface area contributed by atoms with Crippen molar-refractivity contribution in [2.24, 2.45) is 5.16 Å². The predicted octanol–water partition coefficient (Wildman–Crippen LogP) is 3.42. The number of aromatic nitrogens is 1. The SMILES string of the molecule is CC(C)Oc1ccc([C@@H]2CC(Oc3ccc(C(=O)O)nc3)=NO2)cc1. The summed E-state index contributed by atoms with van der Waals surface area (Å²) in [5.41, 5.74) is 0.927. The molecule has 1 aromatic carbocycles. The number of aromatic carboxylic acids is 1. The van der Waals surface area contributed by atoms with Crippen LogP contribution in [-0.4, -0.2) is 28.1 Å². The Hall–Kier alpha value is -3.09. The molecule has 1 aliphatic heterocycles. The maximum Gasteiger partial charge on any atom is 0.354 e. The van der Waals surface area contributed by atoms with Crippen LogP contribution in [0.3, 0.4) is 0 Å². The van der Waals surface area contributed by atoms with Gasteiger partial charge in [-0.2, -0.15) is 0 Å². The number of pyridine rings is 1. The van der Waals surface area contributed by atoms with Crippen LogP contribution in [-0.2, 0) is 4.84 Å². The van der Waals surface area contributed by atoms with E-state index in [1.54, 1.807) is 0 Å². The number of hydrogen-bond donors (Lipinski definition) is 1. The Labute approximate surface area is 144 Å². The molecule has 0 bridgehead atoms. The predicted molar refractivity (Wildman–Crippen MR) is 89.9 cm³/mol. The molecule has 1 atom stereocenters. The lowest BCUT2D eigenvalue weighted by atomic mass is 10.1. The Morgan fingerprint density at radius 3 is 2.52 bits per heavy atom. The average Bonchev–Trinajstić information content (AvgIpc) is 3.04. The fourth-order valence-corrected chi connectivity index (χ4v) is 2.33. The zero-order valence-electron chi connectivity index (χ0n) is 13.9. The minimum atomic E-state index is -1.09. The molecule has 1 aromatic heterocycles. The number of hydrogen-bond acceptors (Lipinski definition) is 6. The van der Waals surface area contributed by atoms with Gasteiger partial charge in [0.15, 0.2) is 6.10 Å². The number of oxime groups is 1. The van der Waals surface area contributed by atoms with Crippen molar-refractivity contribution in [2.75, 3.05) is 0 Å². The van der Waals surface area contributed by atoms with Gasteiger partial charge < -0.3 is 19.4 Å². The van der Waals surface area contributed by atoms with E-state index < -0.39 is 5.97 Å². The van der Waals surface area contributed by atoms with E-state index in [-0.39, 0.29) is 17.9 Å². The van der Waals surface area contributed by atoms with Crippen molar-refractivity contribution in [1.29, 1.82) is 0 Å². The Balaban J connectivity index is 1.58. The first-order valence-corrected chi connectivity index (χ1v) is 7.88. The van der Waals surface area contributed by atoms with Crippen molar-refractivity contribution >= 4 is 11.9 Å². The van der Waals surface area contributed by atoms with Crippen molar-refractivity contribution < 1.29 is 24.2 Å². The Morgan fingerprint density at radius 2 is 1.92 bits per heavy atom. The van der Waals surface area contributed by atoms with Crippen molar-refractivity contribution in [3.05, 3.63) is 53.9 Å². The minimum Gasteiger partial charge on any atom is -0.491 e. The smallest absolute Gasteiger partial charge is 0.354 e. The molecule has 7 nitrogen and oxygen atoms in total. The molecule has 0 spiro atoms. The first-order chi connectivity index (χ1) is 12.0. The largest absolute Gasteiger partial charge is 0.491 e. The topological polar surface area (TPSA) is 90.2 Å². The molecule has 0 unspecified atom stereocenters. The number of benzene rings is 1. The van der Waals surface area contributed by atoms with Gasteiger partial charge in [-0.3, -0.25) is 0 Å². The monoisotopic (exact) mass is 342 g/mol. The fourth-order valence-electron chi connectivity index (χ4n) is 2.33. The molecule has 7 heteroatoms. The van der Waals surface area contributed by atoms with Gasteiger partial charge in [-0.1, -0.05) is 17.3 Å². The van der Waals surface area contributed by atoms with E-state index >= 15 is 0 Å². The average molecular weight is 342 g/mol. The van der Waals surface area contributed by atoms with E-state index in [2.05, 4.69) is 10.1 Å². The third-order valence-corrected chi connectivity index (χ3v) is 3.46. The van der Waals surface area contributed by atoms with E-state index in [0.29, 0.717) is 18.1 Å². The molecule has 1 N–H and O–H groups in total. The third-order valence-electron chi connectivity index (χ3n) is 3.46. The van der Waals surface area contributed by atoms with Gasteiger partial charge >= 0.3 is 5.97 Å². The first kappa shape index (κ1) is 16.8. The van der Waals surface area contributed by atoms with Crippen LogP contribution in [0.15, 0.2) is 47.8 Å². The molecule has 3 rings (SSSR count). The van der Waals surface area contributed by atoms with Gasteiger partial charge in [-0.15, -0.1) is 0 Å². The number of carboxylic acids is 1. The van der Waals surface area contributed by atoms with Crippen LogP contribution in [0.2, 0.25) is 0 Å². The van der Waals surface area contributed by atoms with E-state index in [1.165, 1.54) is 18.3 Å². The molecule has 0 saturated carbocycles. The second-order valence-electron chi connectivity index (χ2n) is 5.81. The van der Waals surface area contributed by atoms with Gasteiger partial charge in [0.1, 0.15) is 17.2 Å². The highest BCUT2D eigenvalue weighted by Crippen LogP contribution is 2.29. The number of rotatable bonds is 5. The molecule has 0 saturated heterocycles. The maximum atomic E-state index is 10.8. The van der Waals surface area contributed by atoms with Crippen LogP contribution in [0.1, 0.15) is 42.4 Å². The molecule has 0 fully saturated rings. The first-order valence-electron chi connectivity index (χ1n) is 7.88. The summed E-state index contributed by atoms with van der Waals surface area (Å²) in [5.74, 6) is 0.544. The lowest BCUT2D eigenvalue weighted by Crippen LogP contribution is -2.08. The van der Waals surface area contributed by atoms with Crippen molar-refractivity contribution in [3.63, 3.8) is 0 Å². The zero-order chi connectivity index (χ0) is 17.8. The summed E-state index contributed by atoms with van der Waals surface area (Å²) < 4.78 is 11.2. The van der Waals surface area contributed by atoms with Crippen molar-refractivity contribution in [1.82, 2.24) is 4.98 Å². The van der Waals surface area contributed by atoms with E-state index in [9.17, 15) is 4.79 Å². The van der Waals surface area contributed by atoms with Crippen LogP contribution in [0, 0.1) is 0 Å². The lowest BCUT2D eigenvalue weighted by Gasteiger charge is -2.12. The normalized spacial score (nSPS) is 16.3. The van der Waals surface area contributed by atoms with Gasteiger partial charge in [-0.05, 0) is 43.7 Å².